The zero-order chi connectivity index (χ0) is 14.5. The molecule has 1 N–H and O–H groups in total. The average Bonchev–Trinajstić information content (AvgIpc) is 2.27. The molecule has 108 valence electrons. The van der Waals surface area contributed by atoms with Crippen molar-refractivity contribution in [1.82, 2.24) is 5.32 Å². The normalized spacial score (nSPS) is 12.5. The minimum absolute atomic E-state index is 0.0147. The van der Waals surface area contributed by atoms with Crippen LogP contribution in [0.4, 0.5) is 0 Å². The summed E-state index contributed by atoms with van der Waals surface area (Å²) in [5, 5.41) is 2.98. The van der Waals surface area contributed by atoms with Gasteiger partial charge >= 0.3 is 0 Å². The number of halogens is 1. The van der Waals surface area contributed by atoms with Gasteiger partial charge in [-0.25, -0.2) is 16.8 Å². The summed E-state index contributed by atoms with van der Waals surface area (Å²) < 4.78 is 45.7. The molecule has 0 fully saturated rings. The summed E-state index contributed by atoms with van der Waals surface area (Å²) in [7, 11) is -6.48. The number of hydrogen-bond acceptors (Lipinski definition) is 5. The van der Waals surface area contributed by atoms with E-state index in [1.54, 1.807) is 12.1 Å². The van der Waals surface area contributed by atoms with Crippen LogP contribution in [0.2, 0.25) is 5.02 Å². The Balaban J connectivity index is 2.51. The van der Waals surface area contributed by atoms with Crippen molar-refractivity contribution in [2.75, 3.05) is 30.9 Å². The van der Waals surface area contributed by atoms with E-state index < -0.39 is 19.7 Å². The van der Waals surface area contributed by atoms with Crippen LogP contribution in [-0.2, 0) is 19.7 Å². The lowest BCUT2D eigenvalue weighted by Crippen LogP contribution is -2.27. The van der Waals surface area contributed by atoms with Crippen molar-refractivity contribution in [3.05, 3.63) is 29.3 Å². The summed E-state index contributed by atoms with van der Waals surface area (Å²) in [5.41, 5.74) is 0. The minimum Gasteiger partial charge on any atom is -0.315 e. The van der Waals surface area contributed by atoms with Crippen LogP contribution in [0.5, 0.6) is 0 Å². The Morgan fingerprint density at radius 1 is 1.05 bits per heavy atom. The van der Waals surface area contributed by atoms with Crippen LogP contribution in [0.1, 0.15) is 0 Å². The molecule has 1 aromatic rings. The van der Waals surface area contributed by atoms with E-state index in [9.17, 15) is 16.8 Å². The van der Waals surface area contributed by atoms with E-state index in [1.807, 2.05) is 0 Å². The van der Waals surface area contributed by atoms with E-state index in [1.165, 1.54) is 12.1 Å². The van der Waals surface area contributed by atoms with Crippen LogP contribution >= 0.6 is 11.6 Å². The molecular formula is C11H16ClNO4S2. The Kier molecular flexibility index (Phi) is 5.79. The molecule has 0 heterocycles. The molecule has 0 aromatic heterocycles. The van der Waals surface area contributed by atoms with Crippen LogP contribution < -0.4 is 5.32 Å². The number of sulfone groups is 2. The van der Waals surface area contributed by atoms with Gasteiger partial charge in [0.05, 0.1) is 21.4 Å². The molecule has 0 amide bonds. The van der Waals surface area contributed by atoms with Gasteiger partial charge in [-0.1, -0.05) is 23.7 Å². The van der Waals surface area contributed by atoms with Crippen LogP contribution in [0.25, 0.3) is 0 Å². The highest BCUT2D eigenvalue weighted by molar-refractivity contribution is 7.91. The van der Waals surface area contributed by atoms with Crippen molar-refractivity contribution < 1.29 is 16.8 Å². The first kappa shape index (κ1) is 16.4. The first-order chi connectivity index (χ1) is 8.72. The molecule has 1 rings (SSSR count). The monoisotopic (exact) mass is 325 g/mol. The third kappa shape index (κ3) is 5.90. The van der Waals surface area contributed by atoms with Gasteiger partial charge in [-0.05, 0) is 12.1 Å². The molecule has 0 saturated heterocycles. The highest BCUT2D eigenvalue weighted by Crippen LogP contribution is 2.21. The zero-order valence-electron chi connectivity index (χ0n) is 10.5. The highest BCUT2D eigenvalue weighted by atomic mass is 35.5. The number of benzene rings is 1. The van der Waals surface area contributed by atoms with E-state index in [-0.39, 0.29) is 34.5 Å². The number of nitrogens with one attached hydrogen (secondary N) is 1. The molecule has 19 heavy (non-hydrogen) atoms. The van der Waals surface area contributed by atoms with Gasteiger partial charge in [-0.3, -0.25) is 0 Å². The van der Waals surface area contributed by atoms with Gasteiger partial charge in [-0.15, -0.1) is 0 Å². The van der Waals surface area contributed by atoms with Crippen LogP contribution in [0.15, 0.2) is 29.2 Å². The minimum atomic E-state index is -3.45. The average molecular weight is 326 g/mol. The van der Waals surface area contributed by atoms with E-state index in [0.29, 0.717) is 0 Å². The van der Waals surface area contributed by atoms with E-state index in [4.69, 9.17) is 11.6 Å². The Morgan fingerprint density at radius 3 is 2.21 bits per heavy atom. The van der Waals surface area contributed by atoms with Gasteiger partial charge in [0.2, 0.25) is 0 Å². The van der Waals surface area contributed by atoms with Crippen molar-refractivity contribution in [3.63, 3.8) is 0 Å². The maximum absolute atomic E-state index is 12.0. The second kappa shape index (κ2) is 6.69. The summed E-state index contributed by atoms with van der Waals surface area (Å²) in [6, 6.07) is 6.24. The standard InChI is InChI=1S/C11H16ClNO4S2/c1-18(14,15)8-6-13-7-9-19(16,17)11-5-3-2-4-10(11)12/h2-5,13H,6-9H2,1H3. The van der Waals surface area contributed by atoms with Gasteiger partial charge in [0.25, 0.3) is 0 Å². The molecule has 0 radical (unpaired) electrons. The summed E-state index contributed by atoms with van der Waals surface area (Å²) in [5.74, 6) is -0.139. The molecule has 0 spiro atoms. The van der Waals surface area contributed by atoms with E-state index in [2.05, 4.69) is 5.32 Å². The van der Waals surface area contributed by atoms with Crippen molar-refractivity contribution >= 4 is 31.3 Å². The largest absolute Gasteiger partial charge is 0.315 e. The summed E-state index contributed by atoms with van der Waals surface area (Å²) in [6.07, 6.45) is 1.13. The fourth-order valence-electron chi connectivity index (χ4n) is 1.40. The summed E-state index contributed by atoms with van der Waals surface area (Å²) in [4.78, 5) is 0.0987. The second-order valence-electron chi connectivity index (χ2n) is 4.13. The van der Waals surface area contributed by atoms with E-state index in [0.717, 1.165) is 6.26 Å². The molecule has 0 aliphatic rings. The molecule has 1 aromatic carbocycles. The maximum atomic E-state index is 12.0. The molecule has 0 saturated carbocycles. The second-order valence-corrected chi connectivity index (χ2v) is 8.87. The van der Waals surface area contributed by atoms with Gasteiger partial charge < -0.3 is 5.32 Å². The molecule has 0 unspecified atom stereocenters. The van der Waals surface area contributed by atoms with Gasteiger partial charge in [-0.2, -0.15) is 0 Å². The smallest absolute Gasteiger partial charge is 0.181 e. The first-order valence-corrected chi connectivity index (χ1v) is 9.67. The lowest BCUT2D eigenvalue weighted by molar-refractivity contribution is 0.590. The topological polar surface area (TPSA) is 80.3 Å². The third-order valence-electron chi connectivity index (χ3n) is 2.37. The SMILES string of the molecule is CS(=O)(=O)CCNCCS(=O)(=O)c1ccccc1Cl. The fraction of sp³-hybridized carbons (Fsp3) is 0.455. The zero-order valence-corrected chi connectivity index (χ0v) is 12.9. The van der Waals surface area contributed by atoms with Crippen LogP contribution in [0, 0.1) is 0 Å². The maximum Gasteiger partial charge on any atom is 0.181 e. The predicted molar refractivity (Wildman–Crippen MR) is 76.1 cm³/mol. The molecule has 0 atom stereocenters. The molecule has 5 nitrogen and oxygen atoms in total. The predicted octanol–water partition coefficient (Wildman–Crippen LogP) is 0.748. The third-order valence-corrected chi connectivity index (χ3v) is 5.52. The molecule has 8 heteroatoms. The fourth-order valence-corrected chi connectivity index (χ4v) is 3.68. The van der Waals surface area contributed by atoms with Gasteiger partial charge in [0, 0.05) is 19.3 Å². The van der Waals surface area contributed by atoms with Crippen LogP contribution in [-0.4, -0.2) is 47.7 Å². The van der Waals surface area contributed by atoms with E-state index >= 15 is 0 Å². The first-order valence-electron chi connectivity index (χ1n) is 5.58. The van der Waals surface area contributed by atoms with Crippen molar-refractivity contribution in [2.45, 2.75) is 4.90 Å². The molecule has 0 aliphatic heterocycles. The van der Waals surface area contributed by atoms with Crippen molar-refractivity contribution in [2.24, 2.45) is 0 Å². The lowest BCUT2D eigenvalue weighted by Gasteiger charge is -2.07. The number of hydrogen-bond donors (Lipinski definition) is 1. The molecule has 0 bridgehead atoms. The Morgan fingerprint density at radius 2 is 1.63 bits per heavy atom. The van der Waals surface area contributed by atoms with Gasteiger partial charge in [0.1, 0.15) is 9.84 Å². The highest BCUT2D eigenvalue weighted by Gasteiger charge is 2.16. The van der Waals surface area contributed by atoms with Crippen molar-refractivity contribution in [1.29, 1.82) is 0 Å². The van der Waals surface area contributed by atoms with Crippen molar-refractivity contribution in [3.8, 4) is 0 Å². The Bertz CT molecular complexity index is 626. The quantitative estimate of drug-likeness (QED) is 0.748. The lowest BCUT2D eigenvalue weighted by atomic mass is 10.4. The number of rotatable bonds is 7. The summed E-state index contributed by atoms with van der Waals surface area (Å²) in [6.45, 7) is 0.417. The molecule has 0 aliphatic carbocycles. The Hall–Kier alpha value is -0.630. The molecular weight excluding hydrogens is 310 g/mol. The summed E-state index contributed by atoms with van der Waals surface area (Å²) >= 11 is 5.83. The van der Waals surface area contributed by atoms with Crippen LogP contribution in [0.3, 0.4) is 0 Å². The Labute approximate surface area is 118 Å². The van der Waals surface area contributed by atoms with Gasteiger partial charge in [0.15, 0.2) is 9.84 Å².